The molecule has 0 radical (unpaired) electrons. The maximum absolute atomic E-state index is 11.4. The first-order chi connectivity index (χ1) is 9.09. The van der Waals surface area contributed by atoms with Crippen LogP contribution < -0.4 is 5.32 Å². The van der Waals surface area contributed by atoms with Crippen LogP contribution in [0.2, 0.25) is 0 Å². The van der Waals surface area contributed by atoms with E-state index in [4.69, 9.17) is 0 Å². The van der Waals surface area contributed by atoms with Crippen molar-refractivity contribution in [2.75, 3.05) is 5.32 Å². The highest BCUT2D eigenvalue weighted by atomic mass is 32.1. The van der Waals surface area contributed by atoms with E-state index in [1.807, 2.05) is 31.2 Å². The molecule has 4 nitrogen and oxygen atoms in total. The minimum atomic E-state index is -0.719. The molecule has 0 spiro atoms. The number of carboxylic acid groups (broad SMARTS) is 1. The Kier molecular flexibility index (Phi) is 2.93. The molecule has 100 valence electrons. The quantitative estimate of drug-likeness (QED) is 0.902. The summed E-state index contributed by atoms with van der Waals surface area (Å²) in [5.74, 6) is -0.719. The minimum Gasteiger partial charge on any atom is -0.481 e. The zero-order valence-corrected chi connectivity index (χ0v) is 11.5. The van der Waals surface area contributed by atoms with E-state index in [0.29, 0.717) is 0 Å². The lowest BCUT2D eigenvalue weighted by molar-refractivity contribution is -0.147. The van der Waals surface area contributed by atoms with Crippen LogP contribution in [0.25, 0.3) is 10.2 Å². The summed E-state index contributed by atoms with van der Waals surface area (Å²) in [5, 5.41) is 13.6. The third-order valence-electron chi connectivity index (χ3n) is 4.04. The van der Waals surface area contributed by atoms with E-state index in [-0.39, 0.29) is 6.04 Å². The molecule has 19 heavy (non-hydrogen) atoms. The molecular weight excluding hydrogens is 260 g/mol. The number of fused-ring (bicyclic) bond motifs is 1. The Bertz CT molecular complexity index is 592. The van der Waals surface area contributed by atoms with E-state index in [0.717, 1.165) is 34.6 Å². The molecule has 0 aliphatic heterocycles. The van der Waals surface area contributed by atoms with Gasteiger partial charge in [-0.3, -0.25) is 4.79 Å². The number of aromatic nitrogens is 1. The van der Waals surface area contributed by atoms with Gasteiger partial charge in [-0.1, -0.05) is 29.9 Å². The van der Waals surface area contributed by atoms with E-state index in [1.165, 1.54) is 0 Å². The first kappa shape index (κ1) is 12.4. The van der Waals surface area contributed by atoms with Crippen LogP contribution in [0.3, 0.4) is 0 Å². The molecule has 1 aromatic carbocycles. The van der Waals surface area contributed by atoms with E-state index < -0.39 is 11.4 Å². The van der Waals surface area contributed by atoms with Crippen LogP contribution in [0.4, 0.5) is 5.13 Å². The highest BCUT2D eigenvalue weighted by Crippen LogP contribution is 2.40. The zero-order chi connectivity index (χ0) is 13.5. The Balaban J connectivity index is 1.86. The number of nitrogens with one attached hydrogen (secondary N) is 1. The molecule has 0 saturated heterocycles. The number of thiazole rings is 1. The predicted molar refractivity (Wildman–Crippen MR) is 76.6 cm³/mol. The van der Waals surface area contributed by atoms with Gasteiger partial charge in [0.2, 0.25) is 0 Å². The fourth-order valence-electron chi connectivity index (χ4n) is 2.74. The fourth-order valence-corrected chi connectivity index (χ4v) is 3.65. The molecule has 1 aliphatic rings. The number of rotatable bonds is 3. The van der Waals surface area contributed by atoms with Crippen LogP contribution in [-0.4, -0.2) is 22.1 Å². The standard InChI is InChI=1S/C14H16N2O2S/c1-14(12(17)18)8-4-7-11(14)16-13-15-9-5-2-3-6-10(9)19-13/h2-3,5-6,11H,4,7-8H2,1H3,(H,15,16)(H,17,18). The number of carbonyl (C=O) groups is 1. The van der Waals surface area contributed by atoms with Crippen molar-refractivity contribution in [3.05, 3.63) is 24.3 Å². The molecule has 0 amide bonds. The van der Waals surface area contributed by atoms with Crippen LogP contribution in [0.5, 0.6) is 0 Å². The van der Waals surface area contributed by atoms with Crippen molar-refractivity contribution in [3.8, 4) is 0 Å². The zero-order valence-electron chi connectivity index (χ0n) is 10.7. The number of nitrogens with zero attached hydrogens (tertiary/aromatic N) is 1. The van der Waals surface area contributed by atoms with Crippen molar-refractivity contribution in [3.63, 3.8) is 0 Å². The lowest BCUT2D eigenvalue weighted by Gasteiger charge is -2.27. The smallest absolute Gasteiger partial charge is 0.311 e. The number of anilines is 1. The van der Waals surface area contributed by atoms with Gasteiger partial charge in [-0.25, -0.2) is 4.98 Å². The third kappa shape index (κ3) is 2.08. The van der Waals surface area contributed by atoms with Gasteiger partial charge in [-0.2, -0.15) is 0 Å². The van der Waals surface area contributed by atoms with Crippen molar-refractivity contribution in [1.82, 2.24) is 4.98 Å². The van der Waals surface area contributed by atoms with Crippen LogP contribution >= 0.6 is 11.3 Å². The van der Waals surface area contributed by atoms with Gasteiger partial charge in [-0.05, 0) is 31.9 Å². The monoisotopic (exact) mass is 276 g/mol. The Morgan fingerprint density at radius 1 is 1.53 bits per heavy atom. The number of hydrogen-bond donors (Lipinski definition) is 2. The van der Waals surface area contributed by atoms with Gasteiger partial charge in [0.15, 0.2) is 5.13 Å². The molecule has 1 aromatic heterocycles. The van der Waals surface area contributed by atoms with Crippen LogP contribution in [-0.2, 0) is 4.79 Å². The van der Waals surface area contributed by atoms with Crippen LogP contribution in [0.1, 0.15) is 26.2 Å². The number of para-hydroxylation sites is 1. The lowest BCUT2D eigenvalue weighted by Crippen LogP contribution is -2.40. The van der Waals surface area contributed by atoms with Crippen LogP contribution in [0.15, 0.2) is 24.3 Å². The van der Waals surface area contributed by atoms with E-state index in [9.17, 15) is 9.90 Å². The van der Waals surface area contributed by atoms with Gasteiger partial charge in [0.05, 0.1) is 15.6 Å². The molecular formula is C14H16N2O2S. The van der Waals surface area contributed by atoms with Crippen molar-refractivity contribution < 1.29 is 9.90 Å². The second-order valence-electron chi connectivity index (χ2n) is 5.30. The van der Waals surface area contributed by atoms with Crippen molar-refractivity contribution in [2.24, 2.45) is 5.41 Å². The fraction of sp³-hybridized carbons (Fsp3) is 0.429. The van der Waals surface area contributed by atoms with Crippen molar-refractivity contribution in [2.45, 2.75) is 32.2 Å². The van der Waals surface area contributed by atoms with Crippen molar-refractivity contribution in [1.29, 1.82) is 0 Å². The molecule has 1 heterocycles. The molecule has 5 heteroatoms. The third-order valence-corrected chi connectivity index (χ3v) is 5.01. The summed E-state index contributed by atoms with van der Waals surface area (Å²) in [4.78, 5) is 16.0. The number of benzene rings is 1. The predicted octanol–water partition coefficient (Wildman–Crippen LogP) is 3.35. The van der Waals surface area contributed by atoms with E-state index in [1.54, 1.807) is 11.3 Å². The number of hydrogen-bond acceptors (Lipinski definition) is 4. The maximum Gasteiger partial charge on any atom is 0.311 e. The molecule has 2 N–H and O–H groups in total. The van der Waals surface area contributed by atoms with E-state index in [2.05, 4.69) is 10.3 Å². The Hall–Kier alpha value is -1.62. The Morgan fingerprint density at radius 2 is 2.32 bits per heavy atom. The summed E-state index contributed by atoms with van der Waals surface area (Å²) in [6, 6.07) is 7.92. The summed E-state index contributed by atoms with van der Waals surface area (Å²) >= 11 is 1.58. The van der Waals surface area contributed by atoms with Gasteiger partial charge in [-0.15, -0.1) is 0 Å². The first-order valence-electron chi connectivity index (χ1n) is 6.45. The average Bonchev–Trinajstić information content (AvgIpc) is 2.94. The molecule has 0 bridgehead atoms. The summed E-state index contributed by atoms with van der Waals surface area (Å²) in [6.07, 6.45) is 2.56. The molecule has 2 unspecified atom stereocenters. The Morgan fingerprint density at radius 3 is 3.05 bits per heavy atom. The van der Waals surface area contributed by atoms with Gasteiger partial charge in [0.1, 0.15) is 0 Å². The summed E-state index contributed by atoms with van der Waals surface area (Å²) in [5.41, 5.74) is 0.280. The topological polar surface area (TPSA) is 62.2 Å². The summed E-state index contributed by atoms with van der Waals surface area (Å²) in [7, 11) is 0. The molecule has 1 saturated carbocycles. The van der Waals surface area contributed by atoms with Gasteiger partial charge in [0, 0.05) is 6.04 Å². The largest absolute Gasteiger partial charge is 0.481 e. The number of aliphatic carboxylic acids is 1. The molecule has 2 atom stereocenters. The SMILES string of the molecule is CC1(C(=O)O)CCCC1Nc1nc2ccccc2s1. The second-order valence-corrected chi connectivity index (χ2v) is 6.33. The normalized spacial score (nSPS) is 26.7. The average molecular weight is 276 g/mol. The Labute approximate surface area is 115 Å². The van der Waals surface area contributed by atoms with E-state index >= 15 is 0 Å². The summed E-state index contributed by atoms with van der Waals surface area (Å²) in [6.45, 7) is 1.83. The van der Waals surface area contributed by atoms with Gasteiger partial charge in [0.25, 0.3) is 0 Å². The van der Waals surface area contributed by atoms with Crippen molar-refractivity contribution >= 4 is 32.7 Å². The highest BCUT2D eigenvalue weighted by molar-refractivity contribution is 7.22. The molecule has 2 aromatic rings. The van der Waals surface area contributed by atoms with Gasteiger partial charge < -0.3 is 10.4 Å². The van der Waals surface area contributed by atoms with Gasteiger partial charge >= 0.3 is 5.97 Å². The molecule has 1 aliphatic carbocycles. The van der Waals surface area contributed by atoms with Crippen LogP contribution in [0, 0.1) is 5.41 Å². The summed E-state index contributed by atoms with van der Waals surface area (Å²) < 4.78 is 1.13. The minimum absolute atomic E-state index is 0.0365. The lowest BCUT2D eigenvalue weighted by atomic mass is 9.85. The number of carboxylic acids is 1. The second kappa shape index (κ2) is 4.49. The molecule has 3 rings (SSSR count). The highest BCUT2D eigenvalue weighted by Gasteiger charge is 2.45. The maximum atomic E-state index is 11.4. The molecule has 1 fully saturated rings. The first-order valence-corrected chi connectivity index (χ1v) is 7.27.